The monoisotopic (exact) mass is 1400 g/mol. The Labute approximate surface area is 581 Å². The van der Waals surface area contributed by atoms with E-state index in [-0.39, 0.29) is 25.7 Å². The van der Waals surface area contributed by atoms with Gasteiger partial charge in [0.1, 0.15) is 19.3 Å². The molecule has 0 rings (SSSR count). The van der Waals surface area contributed by atoms with Crippen LogP contribution in [0.2, 0.25) is 0 Å². The number of phosphoric acid groups is 2. The smallest absolute Gasteiger partial charge is 0.462 e. The summed E-state index contributed by atoms with van der Waals surface area (Å²) in [4.78, 5) is 72.7. The summed E-state index contributed by atoms with van der Waals surface area (Å²) in [6.07, 6.45) is 50.2. The number of carbonyl (C=O) groups is 4. The van der Waals surface area contributed by atoms with Crippen LogP contribution >= 0.6 is 15.6 Å². The summed E-state index contributed by atoms with van der Waals surface area (Å²) >= 11 is 0. The zero-order valence-corrected chi connectivity index (χ0v) is 64.1. The standard InChI is InChI=1S/C76H148O17P2/c1-9-68(7)54-46-38-29-25-21-17-14-15-18-22-26-30-40-48-56-73(78)86-62-71(92-75(80)58-50-42-31-27-23-19-13-11-12-16-20-24-28-36-44-52-66(3)4)64-90-94(82,83)88-60-70(77)61-89-95(84,85)91-65-72(63-87-74(79)57-49-41-34-32-37-45-53-67(5)6)93-76(81)59-51-43-35-33-39-47-55-69(8)10-2/h66-72,77H,9-65H2,1-8H3,(H,82,83)(H,84,85)/t68?,69?,70-,71-,72-/m1/s1. The molecule has 0 bridgehead atoms. The third-order valence-electron chi connectivity index (χ3n) is 18.3. The summed E-state index contributed by atoms with van der Waals surface area (Å²) in [7, 11) is -9.91. The zero-order chi connectivity index (χ0) is 70.3. The van der Waals surface area contributed by atoms with Gasteiger partial charge in [0, 0.05) is 25.7 Å². The lowest BCUT2D eigenvalue weighted by molar-refractivity contribution is -0.161. The predicted octanol–water partition coefficient (Wildman–Crippen LogP) is 22.0. The number of hydrogen-bond acceptors (Lipinski definition) is 15. The van der Waals surface area contributed by atoms with E-state index in [4.69, 9.17) is 37.0 Å². The zero-order valence-electron chi connectivity index (χ0n) is 62.3. The molecule has 0 aromatic carbocycles. The fraction of sp³-hybridized carbons (Fsp3) is 0.947. The lowest BCUT2D eigenvalue weighted by Gasteiger charge is -2.21. The van der Waals surface area contributed by atoms with E-state index in [1.54, 1.807) is 0 Å². The van der Waals surface area contributed by atoms with Crippen molar-refractivity contribution in [3.8, 4) is 0 Å². The molecule has 0 aliphatic carbocycles. The van der Waals surface area contributed by atoms with Crippen molar-refractivity contribution in [3.05, 3.63) is 0 Å². The van der Waals surface area contributed by atoms with Crippen LogP contribution in [0.25, 0.3) is 0 Å². The summed E-state index contributed by atoms with van der Waals surface area (Å²) in [6.45, 7) is 14.1. The van der Waals surface area contributed by atoms with Gasteiger partial charge in [-0.2, -0.15) is 0 Å². The first kappa shape index (κ1) is 93.1. The Morgan fingerprint density at radius 3 is 0.747 bits per heavy atom. The molecular formula is C76H148O17P2. The van der Waals surface area contributed by atoms with E-state index in [1.807, 2.05) is 0 Å². The fourth-order valence-corrected chi connectivity index (χ4v) is 13.1. The van der Waals surface area contributed by atoms with Gasteiger partial charge in [-0.05, 0) is 49.4 Å². The molecule has 0 aromatic heterocycles. The van der Waals surface area contributed by atoms with Crippen LogP contribution in [-0.4, -0.2) is 96.7 Å². The van der Waals surface area contributed by atoms with Crippen molar-refractivity contribution < 1.29 is 80.2 Å². The number of unbranched alkanes of at least 4 members (excludes halogenated alkanes) is 37. The minimum Gasteiger partial charge on any atom is -0.462 e. The largest absolute Gasteiger partial charge is 0.472 e. The Hall–Kier alpha value is -1.94. The number of aliphatic hydroxyl groups excluding tert-OH is 1. The molecule has 0 saturated carbocycles. The van der Waals surface area contributed by atoms with Gasteiger partial charge >= 0.3 is 39.5 Å². The minimum absolute atomic E-state index is 0.102. The number of rotatable bonds is 73. The maximum atomic E-state index is 13.1. The first-order valence-corrected chi connectivity index (χ1v) is 42.3. The molecular weight excluding hydrogens is 1250 g/mol. The van der Waals surface area contributed by atoms with Crippen LogP contribution in [-0.2, 0) is 65.4 Å². The van der Waals surface area contributed by atoms with Gasteiger partial charge in [-0.15, -0.1) is 0 Å². The average Bonchev–Trinajstić information content (AvgIpc) is 1.49. The molecule has 0 radical (unpaired) electrons. The first-order chi connectivity index (χ1) is 45.7. The van der Waals surface area contributed by atoms with Crippen molar-refractivity contribution in [2.75, 3.05) is 39.6 Å². The highest BCUT2D eigenvalue weighted by molar-refractivity contribution is 7.47. The van der Waals surface area contributed by atoms with Gasteiger partial charge in [0.15, 0.2) is 12.2 Å². The van der Waals surface area contributed by atoms with E-state index in [0.717, 1.165) is 114 Å². The van der Waals surface area contributed by atoms with Gasteiger partial charge in [0.05, 0.1) is 26.4 Å². The van der Waals surface area contributed by atoms with E-state index in [1.165, 1.54) is 180 Å². The van der Waals surface area contributed by atoms with E-state index in [9.17, 15) is 43.2 Å². The highest BCUT2D eigenvalue weighted by atomic mass is 31.2. The summed E-state index contributed by atoms with van der Waals surface area (Å²) in [5, 5.41) is 10.6. The second-order valence-corrected chi connectivity index (χ2v) is 31.7. The number of aliphatic hydroxyl groups is 1. The number of esters is 4. The third kappa shape index (κ3) is 67.6. The molecule has 19 heteroatoms. The molecule has 564 valence electrons. The third-order valence-corrected chi connectivity index (χ3v) is 20.2. The molecule has 0 spiro atoms. The molecule has 17 nitrogen and oxygen atoms in total. The summed E-state index contributed by atoms with van der Waals surface area (Å²) in [5.41, 5.74) is 0. The molecule has 0 fully saturated rings. The van der Waals surface area contributed by atoms with Gasteiger partial charge in [-0.3, -0.25) is 37.3 Å². The van der Waals surface area contributed by atoms with Crippen LogP contribution in [0.15, 0.2) is 0 Å². The van der Waals surface area contributed by atoms with Crippen LogP contribution in [0.4, 0.5) is 0 Å². The number of ether oxygens (including phenoxy) is 4. The Kier molecular flexibility index (Phi) is 64.0. The van der Waals surface area contributed by atoms with Crippen molar-refractivity contribution in [3.63, 3.8) is 0 Å². The molecule has 7 atom stereocenters. The lowest BCUT2D eigenvalue weighted by Crippen LogP contribution is -2.30. The Morgan fingerprint density at radius 1 is 0.295 bits per heavy atom. The molecule has 4 unspecified atom stereocenters. The molecule has 0 aliphatic heterocycles. The first-order valence-electron chi connectivity index (χ1n) is 39.3. The van der Waals surface area contributed by atoms with Crippen LogP contribution in [0.5, 0.6) is 0 Å². The predicted molar refractivity (Wildman–Crippen MR) is 386 cm³/mol. The van der Waals surface area contributed by atoms with Gasteiger partial charge in [-0.1, -0.05) is 331 Å². The van der Waals surface area contributed by atoms with Crippen LogP contribution in [0.3, 0.4) is 0 Å². The van der Waals surface area contributed by atoms with E-state index in [0.29, 0.717) is 31.6 Å². The van der Waals surface area contributed by atoms with E-state index < -0.39 is 97.5 Å². The summed E-state index contributed by atoms with van der Waals surface area (Å²) in [5.74, 6) is 0.926. The lowest BCUT2D eigenvalue weighted by atomic mass is 9.99. The van der Waals surface area contributed by atoms with Gasteiger partial charge < -0.3 is 33.8 Å². The Bertz CT molecular complexity index is 1870. The second-order valence-electron chi connectivity index (χ2n) is 28.8. The highest BCUT2D eigenvalue weighted by Gasteiger charge is 2.30. The topological polar surface area (TPSA) is 237 Å². The number of carbonyl (C=O) groups excluding carboxylic acids is 4. The van der Waals surface area contributed by atoms with Crippen molar-refractivity contribution in [1.29, 1.82) is 0 Å². The fourth-order valence-electron chi connectivity index (χ4n) is 11.5. The molecule has 0 aliphatic rings. The summed E-state index contributed by atoms with van der Waals surface area (Å²) in [6, 6.07) is 0. The average molecular weight is 1400 g/mol. The highest BCUT2D eigenvalue weighted by Crippen LogP contribution is 2.45. The minimum atomic E-state index is -4.96. The normalized spacial score (nSPS) is 14.7. The Morgan fingerprint density at radius 2 is 0.505 bits per heavy atom. The van der Waals surface area contributed by atoms with Crippen LogP contribution in [0, 0.1) is 23.7 Å². The van der Waals surface area contributed by atoms with Crippen LogP contribution in [0.1, 0.15) is 383 Å². The van der Waals surface area contributed by atoms with Crippen molar-refractivity contribution in [2.45, 2.75) is 401 Å². The van der Waals surface area contributed by atoms with Crippen LogP contribution < -0.4 is 0 Å². The molecule has 95 heavy (non-hydrogen) atoms. The quantitative estimate of drug-likeness (QED) is 0.0222. The van der Waals surface area contributed by atoms with E-state index in [2.05, 4.69) is 55.4 Å². The number of hydrogen-bond donors (Lipinski definition) is 3. The maximum Gasteiger partial charge on any atom is 0.472 e. The molecule has 0 aromatic rings. The summed E-state index contributed by atoms with van der Waals surface area (Å²) < 4.78 is 68.4. The Balaban J connectivity index is 5.22. The van der Waals surface area contributed by atoms with Gasteiger partial charge in [0.25, 0.3) is 0 Å². The van der Waals surface area contributed by atoms with Crippen molar-refractivity contribution >= 4 is 39.5 Å². The molecule has 0 saturated heterocycles. The molecule has 3 N–H and O–H groups in total. The van der Waals surface area contributed by atoms with Gasteiger partial charge in [0.2, 0.25) is 0 Å². The second kappa shape index (κ2) is 65.4. The number of phosphoric ester groups is 2. The molecule has 0 heterocycles. The van der Waals surface area contributed by atoms with Gasteiger partial charge in [-0.25, -0.2) is 9.13 Å². The molecule has 0 amide bonds. The van der Waals surface area contributed by atoms with Crippen molar-refractivity contribution in [1.82, 2.24) is 0 Å². The SMILES string of the molecule is CCC(C)CCCCCCCCCCCCCCCCC(=O)OC[C@H](COP(=O)(O)OC[C@@H](O)COP(=O)(O)OC[C@@H](COC(=O)CCCCCCCCC(C)C)OC(=O)CCCCCCCCC(C)CC)OC(=O)CCCCCCCCCCCCCCCCCC(C)C. The maximum absolute atomic E-state index is 13.1. The van der Waals surface area contributed by atoms with E-state index >= 15 is 0 Å². The van der Waals surface area contributed by atoms with Crippen molar-refractivity contribution in [2.24, 2.45) is 23.7 Å².